The Bertz CT molecular complexity index is 1410. The van der Waals surface area contributed by atoms with Gasteiger partial charge >= 0.3 is 0 Å². The lowest BCUT2D eigenvalue weighted by Gasteiger charge is -2.36. The van der Waals surface area contributed by atoms with Crippen molar-refractivity contribution in [2.75, 3.05) is 19.7 Å². The Morgan fingerprint density at radius 2 is 1.87 bits per heavy atom. The first kappa shape index (κ1) is 25.3. The number of likely N-dealkylation sites (tertiary alicyclic amines) is 1. The highest BCUT2D eigenvalue weighted by Gasteiger charge is 2.29. The van der Waals surface area contributed by atoms with E-state index in [1.54, 1.807) is 6.07 Å². The lowest BCUT2D eigenvalue weighted by molar-refractivity contribution is -0.0594. The second-order valence-corrected chi connectivity index (χ2v) is 10.7. The Balaban J connectivity index is 1.11. The van der Waals surface area contributed by atoms with Gasteiger partial charge in [-0.15, -0.1) is 0 Å². The van der Waals surface area contributed by atoms with Gasteiger partial charge in [-0.05, 0) is 75.7 Å². The fourth-order valence-electron chi connectivity index (χ4n) is 5.53. The van der Waals surface area contributed by atoms with Gasteiger partial charge in [0, 0.05) is 34.9 Å². The van der Waals surface area contributed by atoms with Crippen LogP contribution >= 0.6 is 11.6 Å². The van der Waals surface area contributed by atoms with Crippen LogP contribution in [0.2, 0.25) is 5.02 Å². The molecule has 0 unspecified atom stereocenters. The van der Waals surface area contributed by atoms with Gasteiger partial charge in [0.25, 0.3) is 0 Å². The smallest absolute Gasteiger partial charge is 0.213 e. The van der Waals surface area contributed by atoms with Gasteiger partial charge in [-0.1, -0.05) is 29.8 Å². The summed E-state index contributed by atoms with van der Waals surface area (Å²) < 4.78 is 28.0. The van der Waals surface area contributed by atoms with Gasteiger partial charge in [-0.2, -0.15) is 0 Å². The van der Waals surface area contributed by atoms with Crippen LogP contribution in [0, 0.1) is 5.82 Å². The van der Waals surface area contributed by atoms with E-state index in [-0.39, 0.29) is 24.6 Å². The first-order valence-electron chi connectivity index (χ1n) is 13.4. The second kappa shape index (κ2) is 11.0. The molecular weight excluding hydrogens is 503 g/mol. The van der Waals surface area contributed by atoms with Gasteiger partial charge in [-0.3, -0.25) is 4.90 Å². The molecule has 0 spiro atoms. The summed E-state index contributed by atoms with van der Waals surface area (Å²) in [6.07, 6.45) is 3.40. The summed E-state index contributed by atoms with van der Waals surface area (Å²) in [6, 6.07) is 18.9. The summed E-state index contributed by atoms with van der Waals surface area (Å²) in [5.41, 5.74) is 3.67. The lowest BCUT2D eigenvalue weighted by Crippen LogP contribution is -2.37. The predicted molar refractivity (Wildman–Crippen MR) is 146 cm³/mol. The fourth-order valence-corrected chi connectivity index (χ4v) is 5.72. The van der Waals surface area contributed by atoms with Gasteiger partial charge < -0.3 is 14.0 Å². The number of hydrogen-bond acceptors (Lipinski definition) is 5. The Morgan fingerprint density at radius 3 is 2.66 bits per heavy atom. The third-order valence-electron chi connectivity index (χ3n) is 7.86. The van der Waals surface area contributed by atoms with Crippen molar-refractivity contribution in [1.29, 1.82) is 0 Å². The van der Waals surface area contributed by atoms with Gasteiger partial charge in [0.05, 0.1) is 29.7 Å². The first-order valence-corrected chi connectivity index (χ1v) is 13.8. The molecule has 2 aromatic carbocycles. The van der Waals surface area contributed by atoms with E-state index >= 15 is 0 Å². The molecule has 2 aliphatic heterocycles. The van der Waals surface area contributed by atoms with Crippen LogP contribution in [0.3, 0.4) is 0 Å². The summed E-state index contributed by atoms with van der Waals surface area (Å²) >= 11 is 6.01. The molecule has 0 aliphatic carbocycles. The zero-order valence-corrected chi connectivity index (χ0v) is 22.3. The number of nitrogens with zero attached hydrogens (tertiary/aromatic N) is 4. The van der Waals surface area contributed by atoms with Crippen molar-refractivity contribution < 1.29 is 13.9 Å². The molecule has 0 amide bonds. The largest absolute Gasteiger partial charge is 0.473 e. The zero-order valence-electron chi connectivity index (χ0n) is 21.5. The lowest BCUT2D eigenvalue weighted by atomic mass is 9.92. The number of para-hydroxylation sites is 2. The molecule has 2 atom stereocenters. The van der Waals surface area contributed by atoms with E-state index in [2.05, 4.69) is 46.7 Å². The molecule has 2 saturated heterocycles. The quantitative estimate of drug-likeness (QED) is 0.257. The van der Waals surface area contributed by atoms with Crippen molar-refractivity contribution in [2.45, 2.75) is 57.4 Å². The van der Waals surface area contributed by atoms with Crippen LogP contribution in [-0.2, 0) is 17.9 Å². The summed E-state index contributed by atoms with van der Waals surface area (Å²) in [6.45, 7) is 6.00. The number of benzene rings is 2. The number of halogens is 2. The highest BCUT2D eigenvalue weighted by atomic mass is 35.5. The minimum absolute atomic E-state index is 0.0890. The second-order valence-electron chi connectivity index (χ2n) is 10.3. The highest BCUT2D eigenvalue weighted by Crippen LogP contribution is 2.33. The topological polar surface area (TPSA) is 52.4 Å². The molecule has 38 heavy (non-hydrogen) atoms. The molecule has 6 rings (SSSR count). The van der Waals surface area contributed by atoms with Crippen LogP contribution in [-0.4, -0.2) is 45.2 Å². The van der Waals surface area contributed by atoms with Gasteiger partial charge in [0.2, 0.25) is 5.88 Å². The average molecular weight is 535 g/mol. The number of rotatable bonds is 8. The number of hydrogen-bond donors (Lipinski definition) is 0. The Morgan fingerprint density at radius 1 is 1.05 bits per heavy atom. The van der Waals surface area contributed by atoms with Gasteiger partial charge in [0.1, 0.15) is 18.2 Å². The van der Waals surface area contributed by atoms with Crippen molar-refractivity contribution in [3.05, 3.63) is 88.6 Å². The Labute approximate surface area is 227 Å². The van der Waals surface area contributed by atoms with Crippen LogP contribution in [0.4, 0.5) is 4.39 Å². The third kappa shape index (κ3) is 5.28. The molecule has 198 valence electrons. The summed E-state index contributed by atoms with van der Waals surface area (Å²) in [5.74, 6) is 1.64. The normalized spacial score (nSPS) is 19.4. The highest BCUT2D eigenvalue weighted by molar-refractivity contribution is 6.30. The fraction of sp³-hybridized carbons (Fsp3) is 0.400. The van der Waals surface area contributed by atoms with Crippen LogP contribution in [0.1, 0.15) is 55.2 Å². The maximum Gasteiger partial charge on any atom is 0.213 e. The van der Waals surface area contributed by atoms with Crippen molar-refractivity contribution in [1.82, 2.24) is 19.4 Å². The Kier molecular flexibility index (Phi) is 7.32. The van der Waals surface area contributed by atoms with E-state index in [9.17, 15) is 4.39 Å². The number of aromatic nitrogens is 3. The monoisotopic (exact) mass is 534 g/mol. The number of fused-ring (bicyclic) bond motifs is 1. The molecule has 0 bridgehead atoms. The van der Waals surface area contributed by atoms with Crippen LogP contribution in [0.15, 0.2) is 60.7 Å². The molecular formula is C30H32ClFN4O2. The first-order chi connectivity index (χ1) is 18.5. The van der Waals surface area contributed by atoms with Crippen molar-refractivity contribution in [2.24, 2.45) is 0 Å². The number of imidazole rings is 1. The van der Waals surface area contributed by atoms with Gasteiger partial charge in [0.15, 0.2) is 0 Å². The molecule has 2 aliphatic rings. The molecule has 0 saturated carbocycles. The molecule has 0 radical (unpaired) electrons. The maximum atomic E-state index is 14.1. The SMILES string of the molecule is C[C@@H](c1nc2ccccc2n1C[C@@H]1CCO1)N1CCC(c2cccc(OCc3cc(Cl)ccc3F)n2)CC1. The molecule has 2 aromatic heterocycles. The molecule has 2 fully saturated rings. The minimum Gasteiger partial charge on any atom is -0.473 e. The van der Waals surface area contributed by atoms with E-state index in [0.717, 1.165) is 62.5 Å². The summed E-state index contributed by atoms with van der Waals surface area (Å²) in [4.78, 5) is 12.3. The standard InChI is InChI=1S/C30H32ClFN4O2/c1-20(30-34-27-5-2-3-7-28(27)36(30)18-24-13-16-37-24)35-14-11-21(12-15-35)26-6-4-8-29(33-26)38-19-22-17-23(31)9-10-25(22)32/h2-10,17,20-21,24H,11-16,18-19H2,1H3/t20-,24-/m0/s1. The van der Waals surface area contributed by atoms with Crippen molar-refractivity contribution in [3.63, 3.8) is 0 Å². The maximum absolute atomic E-state index is 14.1. The van der Waals surface area contributed by atoms with Crippen LogP contribution in [0.5, 0.6) is 5.88 Å². The van der Waals surface area contributed by atoms with E-state index in [1.807, 2.05) is 12.1 Å². The average Bonchev–Trinajstić information content (AvgIpc) is 3.29. The molecule has 6 nitrogen and oxygen atoms in total. The Hall–Kier alpha value is -3.00. The van der Waals surface area contributed by atoms with Gasteiger partial charge in [-0.25, -0.2) is 14.4 Å². The van der Waals surface area contributed by atoms with Crippen LogP contribution < -0.4 is 4.74 Å². The minimum atomic E-state index is -0.333. The van der Waals surface area contributed by atoms with E-state index < -0.39 is 0 Å². The van der Waals surface area contributed by atoms with E-state index in [1.165, 1.54) is 17.6 Å². The van der Waals surface area contributed by atoms with E-state index in [0.29, 0.717) is 22.4 Å². The van der Waals surface area contributed by atoms with Crippen LogP contribution in [0.25, 0.3) is 11.0 Å². The molecule has 0 N–H and O–H groups in total. The van der Waals surface area contributed by atoms with Crippen molar-refractivity contribution >= 4 is 22.6 Å². The number of pyridine rings is 1. The molecule has 4 heterocycles. The third-order valence-corrected chi connectivity index (χ3v) is 8.10. The molecule has 8 heteroatoms. The summed E-state index contributed by atoms with van der Waals surface area (Å²) in [5, 5.41) is 0.486. The predicted octanol–water partition coefficient (Wildman–Crippen LogP) is 6.53. The number of ether oxygens (including phenoxy) is 2. The number of piperidine rings is 1. The molecule has 4 aromatic rings. The van der Waals surface area contributed by atoms with Crippen molar-refractivity contribution in [3.8, 4) is 5.88 Å². The zero-order chi connectivity index (χ0) is 26.1. The van der Waals surface area contributed by atoms with E-state index in [4.69, 9.17) is 31.0 Å². The summed E-state index contributed by atoms with van der Waals surface area (Å²) in [7, 11) is 0.